The summed E-state index contributed by atoms with van der Waals surface area (Å²) in [5, 5.41) is 1.73. The first-order valence-electron chi connectivity index (χ1n) is 8.24. The second-order valence-corrected chi connectivity index (χ2v) is 6.12. The Labute approximate surface area is 160 Å². The number of alkyl halides is 3. The first kappa shape index (κ1) is 21.2. The summed E-state index contributed by atoms with van der Waals surface area (Å²) in [6.45, 7) is 3.44. The fourth-order valence-electron chi connectivity index (χ4n) is 2.37. The highest BCUT2D eigenvalue weighted by molar-refractivity contribution is 5.98. The minimum absolute atomic E-state index is 0.0409. The summed E-state index contributed by atoms with van der Waals surface area (Å²) in [6, 6.07) is 12.4. The molecule has 0 saturated heterocycles. The standard InChI is InChI=1S/C19H20F3N3O3/c1-12-8-10-14(11-9-12)16(26)23-18(17(27)28-3,19(20,21)22)25-24-15-7-5-4-6-13(15)2/h4-11,24-25H,1-3H3,(H,23,26)/t18-/m0/s1. The van der Waals surface area contributed by atoms with Crippen molar-refractivity contribution in [2.45, 2.75) is 25.7 Å². The van der Waals surface area contributed by atoms with Crippen molar-refractivity contribution >= 4 is 17.6 Å². The lowest BCUT2D eigenvalue weighted by atomic mass is 10.1. The summed E-state index contributed by atoms with van der Waals surface area (Å²) in [5.41, 5.74) is 2.47. The van der Waals surface area contributed by atoms with Crippen LogP contribution in [0.3, 0.4) is 0 Å². The molecule has 0 unspecified atom stereocenters. The molecule has 0 heterocycles. The first-order valence-corrected chi connectivity index (χ1v) is 8.24. The quantitative estimate of drug-likeness (QED) is 0.398. The van der Waals surface area contributed by atoms with Crippen LogP contribution in [-0.4, -0.2) is 30.8 Å². The number of carbonyl (C=O) groups excluding carboxylic acids is 2. The van der Waals surface area contributed by atoms with Crippen LogP contribution in [-0.2, 0) is 9.53 Å². The maximum absolute atomic E-state index is 13.9. The molecule has 0 aliphatic heterocycles. The Morgan fingerprint density at radius 1 is 0.964 bits per heavy atom. The van der Waals surface area contributed by atoms with Crippen LogP contribution in [0.25, 0.3) is 0 Å². The normalized spacial score (nSPS) is 13.4. The van der Waals surface area contributed by atoms with E-state index in [1.54, 1.807) is 49.5 Å². The number of anilines is 1. The van der Waals surface area contributed by atoms with Crippen LogP contribution >= 0.6 is 0 Å². The van der Waals surface area contributed by atoms with Gasteiger partial charge in [0.1, 0.15) is 0 Å². The Balaban J connectivity index is 2.39. The largest absolute Gasteiger partial charge is 0.466 e. The Morgan fingerprint density at radius 3 is 2.11 bits per heavy atom. The summed E-state index contributed by atoms with van der Waals surface area (Å²) >= 11 is 0. The van der Waals surface area contributed by atoms with Crippen molar-refractivity contribution in [2.24, 2.45) is 0 Å². The summed E-state index contributed by atoms with van der Waals surface area (Å²) < 4.78 is 46.2. The predicted molar refractivity (Wildman–Crippen MR) is 97.4 cm³/mol. The van der Waals surface area contributed by atoms with Gasteiger partial charge in [-0.05, 0) is 37.6 Å². The second-order valence-electron chi connectivity index (χ2n) is 6.12. The third-order valence-electron chi connectivity index (χ3n) is 4.06. The van der Waals surface area contributed by atoms with Crippen molar-refractivity contribution in [2.75, 3.05) is 12.5 Å². The van der Waals surface area contributed by atoms with E-state index >= 15 is 0 Å². The lowest BCUT2D eigenvalue weighted by Crippen LogP contribution is -2.73. The molecule has 0 aromatic heterocycles. The number of hydrogen-bond donors (Lipinski definition) is 3. The van der Waals surface area contributed by atoms with Gasteiger partial charge >= 0.3 is 17.8 Å². The molecule has 6 nitrogen and oxygen atoms in total. The highest BCUT2D eigenvalue weighted by Crippen LogP contribution is 2.30. The number of hydrogen-bond acceptors (Lipinski definition) is 5. The van der Waals surface area contributed by atoms with Crippen LogP contribution in [0.1, 0.15) is 21.5 Å². The molecular formula is C19H20F3N3O3. The van der Waals surface area contributed by atoms with Gasteiger partial charge in [-0.3, -0.25) is 4.79 Å². The Hall–Kier alpha value is -3.07. The lowest BCUT2D eigenvalue weighted by molar-refractivity contribution is -0.215. The molecule has 0 spiro atoms. The smallest absolute Gasteiger partial charge is 0.438 e. The average Bonchev–Trinajstić information content (AvgIpc) is 2.65. The first-order chi connectivity index (χ1) is 13.1. The van der Waals surface area contributed by atoms with Gasteiger partial charge in [0, 0.05) is 5.56 Å². The fraction of sp³-hybridized carbons (Fsp3) is 0.263. The van der Waals surface area contributed by atoms with Gasteiger partial charge in [-0.25, -0.2) is 4.79 Å². The number of nitrogens with one attached hydrogen (secondary N) is 3. The summed E-state index contributed by atoms with van der Waals surface area (Å²) in [5.74, 6) is -2.82. The van der Waals surface area contributed by atoms with Crippen LogP contribution in [0.5, 0.6) is 0 Å². The minimum Gasteiger partial charge on any atom is -0.466 e. The van der Waals surface area contributed by atoms with Crippen LogP contribution in [0.2, 0.25) is 0 Å². The lowest BCUT2D eigenvalue weighted by Gasteiger charge is -2.34. The van der Waals surface area contributed by atoms with Gasteiger partial charge in [0.25, 0.3) is 5.91 Å². The number of methoxy groups -OCH3 is 1. The van der Waals surface area contributed by atoms with Crippen molar-refractivity contribution in [3.05, 3.63) is 65.2 Å². The van der Waals surface area contributed by atoms with Crippen molar-refractivity contribution in [3.63, 3.8) is 0 Å². The molecule has 2 aromatic rings. The van der Waals surface area contributed by atoms with Crippen molar-refractivity contribution in [3.8, 4) is 0 Å². The van der Waals surface area contributed by atoms with E-state index in [1.165, 1.54) is 18.2 Å². The molecule has 2 rings (SSSR count). The van der Waals surface area contributed by atoms with E-state index < -0.39 is 23.7 Å². The predicted octanol–water partition coefficient (Wildman–Crippen LogP) is 3.08. The van der Waals surface area contributed by atoms with Gasteiger partial charge in [0.05, 0.1) is 12.8 Å². The molecule has 1 amide bonds. The number of halogens is 3. The number of esters is 1. The molecule has 0 bridgehead atoms. The van der Waals surface area contributed by atoms with Crippen LogP contribution in [0.4, 0.5) is 18.9 Å². The van der Waals surface area contributed by atoms with Crippen LogP contribution in [0.15, 0.2) is 48.5 Å². The number of carbonyl (C=O) groups is 2. The third kappa shape index (κ3) is 4.42. The number of rotatable bonds is 6. The number of hydrazine groups is 1. The maximum Gasteiger partial charge on any atom is 0.438 e. The molecule has 150 valence electrons. The average molecular weight is 395 g/mol. The molecule has 0 radical (unpaired) electrons. The summed E-state index contributed by atoms with van der Waals surface area (Å²) in [7, 11) is 0.802. The molecule has 28 heavy (non-hydrogen) atoms. The van der Waals surface area contributed by atoms with Gasteiger partial charge in [-0.1, -0.05) is 35.9 Å². The highest BCUT2D eigenvalue weighted by Gasteiger charge is 2.63. The van der Waals surface area contributed by atoms with E-state index in [2.05, 4.69) is 10.2 Å². The topological polar surface area (TPSA) is 79.5 Å². The van der Waals surface area contributed by atoms with Gasteiger partial charge in [-0.2, -0.15) is 18.6 Å². The summed E-state index contributed by atoms with van der Waals surface area (Å²) in [6.07, 6.45) is -5.21. The van der Waals surface area contributed by atoms with Gasteiger partial charge in [-0.15, -0.1) is 0 Å². The number of ether oxygens (including phenoxy) is 1. The zero-order chi connectivity index (χ0) is 20.9. The molecule has 1 atom stereocenters. The maximum atomic E-state index is 13.9. The van der Waals surface area contributed by atoms with Crippen LogP contribution in [0, 0.1) is 13.8 Å². The Kier molecular flexibility index (Phi) is 6.30. The van der Waals surface area contributed by atoms with E-state index in [-0.39, 0.29) is 5.56 Å². The second kappa shape index (κ2) is 8.30. The van der Waals surface area contributed by atoms with Gasteiger partial charge in [0.2, 0.25) is 0 Å². The zero-order valence-corrected chi connectivity index (χ0v) is 15.5. The Bertz CT molecular complexity index is 853. The third-order valence-corrected chi connectivity index (χ3v) is 4.06. The molecule has 0 saturated carbocycles. The molecule has 3 N–H and O–H groups in total. The molecule has 2 aromatic carbocycles. The zero-order valence-electron chi connectivity index (χ0n) is 15.5. The molecular weight excluding hydrogens is 375 g/mol. The minimum atomic E-state index is -5.21. The van der Waals surface area contributed by atoms with E-state index in [1.807, 2.05) is 5.43 Å². The molecule has 0 aliphatic rings. The molecule has 9 heteroatoms. The van der Waals surface area contributed by atoms with E-state index in [0.29, 0.717) is 11.3 Å². The number of amides is 1. The monoisotopic (exact) mass is 395 g/mol. The number of para-hydroxylation sites is 1. The SMILES string of the molecule is COC(=O)[C@@](NNc1ccccc1C)(NC(=O)c1ccc(C)cc1)C(F)(F)F. The van der Waals surface area contributed by atoms with Crippen molar-refractivity contribution in [1.29, 1.82) is 0 Å². The highest BCUT2D eigenvalue weighted by atomic mass is 19.4. The summed E-state index contributed by atoms with van der Waals surface area (Å²) in [4.78, 5) is 24.6. The molecule has 0 aliphatic carbocycles. The van der Waals surface area contributed by atoms with E-state index in [9.17, 15) is 22.8 Å². The van der Waals surface area contributed by atoms with Gasteiger partial charge < -0.3 is 15.5 Å². The van der Waals surface area contributed by atoms with E-state index in [0.717, 1.165) is 12.7 Å². The molecule has 0 fully saturated rings. The number of aryl methyl sites for hydroxylation is 2. The fourth-order valence-corrected chi connectivity index (χ4v) is 2.37. The number of benzene rings is 2. The van der Waals surface area contributed by atoms with Crippen molar-refractivity contribution in [1.82, 2.24) is 10.7 Å². The van der Waals surface area contributed by atoms with Gasteiger partial charge in [0.15, 0.2) is 0 Å². The van der Waals surface area contributed by atoms with Crippen LogP contribution < -0.4 is 16.2 Å². The Morgan fingerprint density at radius 2 is 1.57 bits per heavy atom. The van der Waals surface area contributed by atoms with Crippen molar-refractivity contribution < 1.29 is 27.5 Å². The van der Waals surface area contributed by atoms with E-state index in [4.69, 9.17) is 0 Å².